The summed E-state index contributed by atoms with van der Waals surface area (Å²) in [7, 11) is 2.20. The summed E-state index contributed by atoms with van der Waals surface area (Å²) < 4.78 is 1.11. The molecule has 1 saturated heterocycles. The number of nitrogens with zero attached hydrogens (tertiary/aromatic N) is 2. The molecule has 3 nitrogen and oxygen atoms in total. The zero-order chi connectivity index (χ0) is 13.8. The van der Waals surface area contributed by atoms with Crippen LogP contribution in [0.5, 0.6) is 0 Å². The average Bonchev–Trinajstić information content (AvgIpc) is 2.80. The van der Waals surface area contributed by atoms with Crippen LogP contribution in [0.3, 0.4) is 0 Å². The Morgan fingerprint density at radius 3 is 2.95 bits per heavy atom. The predicted octanol–water partition coefficient (Wildman–Crippen LogP) is 2.95. The standard InChI is InChI=1S/C15H24BrN3/c1-3-19-8-4-5-14(19)11-18(2)10-12-6-7-13(17)9-15(12)16/h6-7,9,14H,3-5,8,10-11,17H2,1-2H3. The van der Waals surface area contributed by atoms with Gasteiger partial charge in [0.1, 0.15) is 0 Å². The van der Waals surface area contributed by atoms with Gasteiger partial charge in [0.2, 0.25) is 0 Å². The van der Waals surface area contributed by atoms with E-state index >= 15 is 0 Å². The summed E-state index contributed by atoms with van der Waals surface area (Å²) in [6.07, 6.45) is 2.68. The van der Waals surface area contributed by atoms with E-state index in [9.17, 15) is 0 Å². The first-order valence-corrected chi connectivity index (χ1v) is 7.86. The summed E-state index contributed by atoms with van der Waals surface area (Å²) in [4.78, 5) is 5.00. The number of rotatable bonds is 5. The highest BCUT2D eigenvalue weighted by molar-refractivity contribution is 9.10. The van der Waals surface area contributed by atoms with Crippen LogP contribution in [0.1, 0.15) is 25.3 Å². The molecule has 19 heavy (non-hydrogen) atoms. The fraction of sp³-hybridized carbons (Fsp3) is 0.600. The largest absolute Gasteiger partial charge is 0.399 e. The molecule has 1 aliphatic heterocycles. The van der Waals surface area contributed by atoms with Crippen LogP contribution in [-0.2, 0) is 6.54 Å². The Morgan fingerprint density at radius 2 is 2.26 bits per heavy atom. The Labute approximate surface area is 124 Å². The zero-order valence-electron chi connectivity index (χ0n) is 11.9. The van der Waals surface area contributed by atoms with Crippen LogP contribution < -0.4 is 5.73 Å². The van der Waals surface area contributed by atoms with Crippen molar-refractivity contribution in [2.24, 2.45) is 0 Å². The molecule has 1 unspecified atom stereocenters. The summed E-state index contributed by atoms with van der Waals surface area (Å²) in [6.45, 7) is 6.80. The molecule has 1 atom stereocenters. The number of anilines is 1. The highest BCUT2D eigenvalue weighted by Crippen LogP contribution is 2.22. The van der Waals surface area contributed by atoms with E-state index in [0.29, 0.717) is 0 Å². The number of hydrogen-bond acceptors (Lipinski definition) is 3. The first-order valence-electron chi connectivity index (χ1n) is 7.06. The molecule has 0 amide bonds. The molecule has 2 N–H and O–H groups in total. The maximum Gasteiger partial charge on any atom is 0.0325 e. The summed E-state index contributed by atoms with van der Waals surface area (Å²) in [6, 6.07) is 6.80. The molecule has 0 bridgehead atoms. The molecule has 1 aromatic carbocycles. The topological polar surface area (TPSA) is 32.5 Å². The number of nitrogen functional groups attached to an aromatic ring is 1. The van der Waals surface area contributed by atoms with Gasteiger partial charge in [-0.1, -0.05) is 28.9 Å². The Hall–Kier alpha value is -0.580. The van der Waals surface area contributed by atoms with Crippen LogP contribution >= 0.6 is 15.9 Å². The van der Waals surface area contributed by atoms with Gasteiger partial charge in [-0.15, -0.1) is 0 Å². The summed E-state index contributed by atoms with van der Waals surface area (Å²) >= 11 is 3.60. The minimum absolute atomic E-state index is 0.725. The van der Waals surface area contributed by atoms with Crippen molar-refractivity contribution in [3.63, 3.8) is 0 Å². The van der Waals surface area contributed by atoms with Gasteiger partial charge in [-0.3, -0.25) is 4.90 Å². The lowest BCUT2D eigenvalue weighted by molar-refractivity contribution is 0.194. The Bertz CT molecular complexity index is 422. The summed E-state index contributed by atoms with van der Waals surface area (Å²) in [5, 5.41) is 0. The normalized spacial score (nSPS) is 20.3. The van der Waals surface area contributed by atoms with E-state index < -0.39 is 0 Å². The van der Waals surface area contributed by atoms with E-state index in [4.69, 9.17) is 5.73 Å². The maximum atomic E-state index is 5.78. The van der Waals surface area contributed by atoms with Gasteiger partial charge in [0.05, 0.1) is 0 Å². The fourth-order valence-corrected chi connectivity index (χ4v) is 3.45. The van der Waals surface area contributed by atoms with Crippen LogP contribution in [0.2, 0.25) is 0 Å². The molecular formula is C15H24BrN3. The summed E-state index contributed by atoms with van der Waals surface area (Å²) in [5.41, 5.74) is 7.89. The van der Waals surface area contributed by atoms with Gasteiger partial charge >= 0.3 is 0 Å². The first kappa shape index (κ1) is 14.8. The van der Waals surface area contributed by atoms with Crippen LogP contribution in [0, 0.1) is 0 Å². The van der Waals surface area contributed by atoms with Gasteiger partial charge in [0.25, 0.3) is 0 Å². The lowest BCUT2D eigenvalue weighted by Gasteiger charge is -2.28. The maximum absolute atomic E-state index is 5.78. The molecule has 1 aliphatic rings. The van der Waals surface area contributed by atoms with Crippen molar-refractivity contribution in [1.29, 1.82) is 0 Å². The first-order chi connectivity index (χ1) is 9.10. The fourth-order valence-electron chi connectivity index (χ4n) is 2.93. The van der Waals surface area contributed by atoms with Gasteiger partial charge < -0.3 is 10.6 Å². The highest BCUT2D eigenvalue weighted by atomic mass is 79.9. The van der Waals surface area contributed by atoms with Crippen molar-refractivity contribution in [2.75, 3.05) is 32.4 Å². The van der Waals surface area contributed by atoms with Crippen LogP contribution in [0.4, 0.5) is 5.69 Å². The minimum atomic E-state index is 0.725. The number of nitrogens with two attached hydrogens (primary N) is 1. The third-order valence-corrected chi connectivity index (χ3v) is 4.68. The Morgan fingerprint density at radius 1 is 1.47 bits per heavy atom. The third kappa shape index (κ3) is 3.94. The van der Waals surface area contributed by atoms with Gasteiger partial charge in [0.15, 0.2) is 0 Å². The average molecular weight is 326 g/mol. The second-order valence-corrected chi connectivity index (χ2v) is 6.33. The van der Waals surface area contributed by atoms with E-state index in [1.165, 1.54) is 31.5 Å². The smallest absolute Gasteiger partial charge is 0.0325 e. The van der Waals surface area contributed by atoms with Crippen molar-refractivity contribution in [2.45, 2.75) is 32.4 Å². The van der Waals surface area contributed by atoms with Crippen LogP contribution in [-0.4, -0.2) is 42.5 Å². The number of likely N-dealkylation sites (N-methyl/N-ethyl adjacent to an activating group) is 2. The number of halogens is 1. The number of benzene rings is 1. The molecule has 0 aromatic heterocycles. The van der Waals surface area contributed by atoms with E-state index in [1.807, 2.05) is 12.1 Å². The third-order valence-electron chi connectivity index (χ3n) is 3.95. The Balaban J connectivity index is 1.92. The van der Waals surface area contributed by atoms with E-state index in [-0.39, 0.29) is 0 Å². The molecule has 0 saturated carbocycles. The van der Waals surface area contributed by atoms with Crippen molar-refractivity contribution in [1.82, 2.24) is 9.80 Å². The highest BCUT2D eigenvalue weighted by Gasteiger charge is 2.24. The molecule has 0 spiro atoms. The molecule has 0 radical (unpaired) electrons. The molecule has 0 aliphatic carbocycles. The number of hydrogen-bond donors (Lipinski definition) is 1. The van der Waals surface area contributed by atoms with Gasteiger partial charge in [-0.2, -0.15) is 0 Å². The van der Waals surface area contributed by atoms with E-state index in [2.05, 4.69) is 45.8 Å². The lowest BCUT2D eigenvalue weighted by atomic mass is 10.1. The van der Waals surface area contributed by atoms with Crippen molar-refractivity contribution in [3.8, 4) is 0 Å². The molecule has 1 fully saturated rings. The zero-order valence-corrected chi connectivity index (χ0v) is 13.5. The second kappa shape index (κ2) is 6.73. The van der Waals surface area contributed by atoms with Crippen LogP contribution in [0.25, 0.3) is 0 Å². The predicted molar refractivity (Wildman–Crippen MR) is 85.2 cm³/mol. The van der Waals surface area contributed by atoms with Crippen molar-refractivity contribution < 1.29 is 0 Å². The molecule has 4 heteroatoms. The van der Waals surface area contributed by atoms with Gasteiger partial charge in [0, 0.05) is 29.3 Å². The SMILES string of the molecule is CCN1CCCC1CN(C)Cc1ccc(N)cc1Br. The van der Waals surface area contributed by atoms with Gasteiger partial charge in [-0.05, 0) is 50.7 Å². The van der Waals surface area contributed by atoms with E-state index in [0.717, 1.165) is 29.3 Å². The van der Waals surface area contributed by atoms with Gasteiger partial charge in [-0.25, -0.2) is 0 Å². The Kier molecular flexibility index (Phi) is 5.25. The quantitative estimate of drug-likeness (QED) is 0.845. The molecular weight excluding hydrogens is 302 g/mol. The molecule has 1 heterocycles. The lowest BCUT2D eigenvalue weighted by Crippen LogP contribution is -2.38. The van der Waals surface area contributed by atoms with Crippen molar-refractivity contribution >= 4 is 21.6 Å². The molecule has 1 aromatic rings. The summed E-state index contributed by atoms with van der Waals surface area (Å²) in [5.74, 6) is 0. The molecule has 2 rings (SSSR count). The number of likely N-dealkylation sites (tertiary alicyclic amines) is 1. The monoisotopic (exact) mass is 325 g/mol. The second-order valence-electron chi connectivity index (χ2n) is 5.47. The minimum Gasteiger partial charge on any atom is -0.399 e. The molecule has 106 valence electrons. The van der Waals surface area contributed by atoms with Crippen molar-refractivity contribution in [3.05, 3.63) is 28.2 Å². The van der Waals surface area contributed by atoms with E-state index in [1.54, 1.807) is 0 Å². The van der Waals surface area contributed by atoms with Crippen LogP contribution in [0.15, 0.2) is 22.7 Å².